The SMILES string of the molecule is CCCCN(C)Cc1cccc(-c2cc(C(=O)N(C)CC3CCOCC3)c3cnn(C(C)C)c3n2)c1. The molecular formula is C29H41N5O2. The number of fused-ring (bicyclic) bond motifs is 1. The third kappa shape index (κ3) is 6.13. The monoisotopic (exact) mass is 491 g/mol. The molecule has 7 nitrogen and oxygen atoms in total. The van der Waals surface area contributed by atoms with Gasteiger partial charge in [0, 0.05) is 45.0 Å². The number of nitrogens with zero attached hydrogens (tertiary/aromatic N) is 5. The predicted molar refractivity (Wildman–Crippen MR) is 145 cm³/mol. The van der Waals surface area contributed by atoms with E-state index in [9.17, 15) is 4.79 Å². The average Bonchev–Trinajstić information content (AvgIpc) is 3.32. The highest BCUT2D eigenvalue weighted by Gasteiger charge is 2.24. The van der Waals surface area contributed by atoms with Crippen molar-refractivity contribution in [1.82, 2.24) is 24.6 Å². The van der Waals surface area contributed by atoms with Crippen LogP contribution in [0.1, 0.15) is 68.4 Å². The highest BCUT2D eigenvalue weighted by Crippen LogP contribution is 2.28. The number of amides is 1. The maximum absolute atomic E-state index is 13.7. The molecule has 3 aromatic rings. The van der Waals surface area contributed by atoms with E-state index in [0.717, 1.165) is 68.0 Å². The van der Waals surface area contributed by atoms with E-state index in [4.69, 9.17) is 9.72 Å². The van der Waals surface area contributed by atoms with E-state index >= 15 is 0 Å². The molecule has 0 unspecified atom stereocenters. The summed E-state index contributed by atoms with van der Waals surface area (Å²) in [5, 5.41) is 5.41. The highest BCUT2D eigenvalue weighted by atomic mass is 16.5. The number of rotatable bonds is 10. The van der Waals surface area contributed by atoms with E-state index in [-0.39, 0.29) is 11.9 Å². The lowest BCUT2D eigenvalue weighted by Gasteiger charge is -2.27. The van der Waals surface area contributed by atoms with Crippen molar-refractivity contribution in [2.24, 2.45) is 5.92 Å². The number of aromatic nitrogens is 3. The van der Waals surface area contributed by atoms with E-state index in [0.29, 0.717) is 11.5 Å². The lowest BCUT2D eigenvalue weighted by Crippen LogP contribution is -2.34. The van der Waals surface area contributed by atoms with E-state index < -0.39 is 0 Å². The maximum Gasteiger partial charge on any atom is 0.254 e. The Balaban J connectivity index is 1.68. The van der Waals surface area contributed by atoms with Crippen LogP contribution in [-0.2, 0) is 11.3 Å². The van der Waals surface area contributed by atoms with Gasteiger partial charge in [0.15, 0.2) is 5.65 Å². The van der Waals surface area contributed by atoms with Gasteiger partial charge in [0.1, 0.15) is 0 Å². The van der Waals surface area contributed by atoms with Crippen molar-refractivity contribution in [3.8, 4) is 11.3 Å². The molecule has 1 aromatic carbocycles. The fourth-order valence-corrected chi connectivity index (χ4v) is 4.97. The molecule has 1 amide bonds. The summed E-state index contributed by atoms with van der Waals surface area (Å²) in [5.74, 6) is 0.498. The van der Waals surface area contributed by atoms with Crippen LogP contribution in [0.25, 0.3) is 22.3 Å². The van der Waals surface area contributed by atoms with Crippen LogP contribution in [-0.4, -0.2) is 70.9 Å². The fraction of sp³-hybridized carbons (Fsp3) is 0.552. The Bertz CT molecular complexity index is 1170. The summed E-state index contributed by atoms with van der Waals surface area (Å²) in [4.78, 5) is 23.0. The Morgan fingerprint density at radius 1 is 1.19 bits per heavy atom. The molecule has 1 fully saturated rings. The van der Waals surface area contributed by atoms with E-state index in [2.05, 4.69) is 62.1 Å². The Morgan fingerprint density at radius 3 is 2.69 bits per heavy atom. The molecule has 4 rings (SSSR count). The van der Waals surface area contributed by atoms with Gasteiger partial charge in [-0.05, 0) is 70.3 Å². The molecule has 0 atom stereocenters. The Hall–Kier alpha value is -2.77. The molecule has 0 spiro atoms. The van der Waals surface area contributed by atoms with Gasteiger partial charge in [0.25, 0.3) is 5.91 Å². The Labute approximate surface area is 215 Å². The average molecular weight is 492 g/mol. The van der Waals surface area contributed by atoms with Gasteiger partial charge in [-0.25, -0.2) is 9.67 Å². The van der Waals surface area contributed by atoms with Gasteiger partial charge in [0.05, 0.1) is 22.8 Å². The van der Waals surface area contributed by atoms with Crippen molar-refractivity contribution in [1.29, 1.82) is 0 Å². The number of carbonyl (C=O) groups is 1. The minimum absolute atomic E-state index is 0.0221. The second-order valence-corrected chi connectivity index (χ2v) is 10.5. The number of hydrogen-bond donors (Lipinski definition) is 0. The zero-order chi connectivity index (χ0) is 25.7. The first kappa shape index (κ1) is 26.3. The predicted octanol–water partition coefficient (Wildman–Crippen LogP) is 5.41. The van der Waals surface area contributed by atoms with Crippen molar-refractivity contribution >= 4 is 16.9 Å². The van der Waals surface area contributed by atoms with Crippen LogP contribution in [0, 0.1) is 5.92 Å². The van der Waals surface area contributed by atoms with Crippen molar-refractivity contribution < 1.29 is 9.53 Å². The minimum Gasteiger partial charge on any atom is -0.381 e. The molecule has 36 heavy (non-hydrogen) atoms. The second-order valence-electron chi connectivity index (χ2n) is 10.5. The molecular weight excluding hydrogens is 450 g/mol. The molecule has 1 aliphatic rings. The number of carbonyl (C=O) groups excluding carboxylic acids is 1. The topological polar surface area (TPSA) is 63.5 Å². The number of hydrogen-bond acceptors (Lipinski definition) is 5. The van der Waals surface area contributed by atoms with Gasteiger partial charge < -0.3 is 14.5 Å². The lowest BCUT2D eigenvalue weighted by molar-refractivity contribution is 0.0498. The molecule has 0 radical (unpaired) electrons. The largest absolute Gasteiger partial charge is 0.381 e. The number of benzene rings is 1. The third-order valence-corrected chi connectivity index (χ3v) is 7.07. The summed E-state index contributed by atoms with van der Waals surface area (Å²) in [7, 11) is 4.07. The molecule has 3 heterocycles. The molecule has 1 aliphatic heterocycles. The number of ether oxygens (including phenoxy) is 1. The smallest absolute Gasteiger partial charge is 0.254 e. The third-order valence-electron chi connectivity index (χ3n) is 7.07. The first-order valence-corrected chi connectivity index (χ1v) is 13.4. The van der Waals surface area contributed by atoms with E-state index in [1.807, 2.05) is 22.7 Å². The zero-order valence-electron chi connectivity index (χ0n) is 22.5. The first-order valence-electron chi connectivity index (χ1n) is 13.4. The van der Waals surface area contributed by atoms with Crippen molar-refractivity contribution in [3.63, 3.8) is 0 Å². The second kappa shape index (κ2) is 12.0. The normalized spacial score (nSPS) is 14.8. The molecule has 194 valence electrons. The molecule has 0 N–H and O–H groups in total. The van der Waals surface area contributed by atoms with Gasteiger partial charge in [-0.15, -0.1) is 0 Å². The van der Waals surface area contributed by atoms with Crippen molar-refractivity contribution in [3.05, 3.63) is 47.7 Å². The van der Waals surface area contributed by atoms with E-state index in [1.165, 1.54) is 18.4 Å². The summed E-state index contributed by atoms with van der Waals surface area (Å²) in [6.07, 6.45) is 6.18. The zero-order valence-corrected chi connectivity index (χ0v) is 22.5. The van der Waals surface area contributed by atoms with Crippen LogP contribution in [0.15, 0.2) is 36.5 Å². The summed E-state index contributed by atoms with van der Waals surface area (Å²) >= 11 is 0. The van der Waals surface area contributed by atoms with Gasteiger partial charge in [-0.3, -0.25) is 4.79 Å². The van der Waals surface area contributed by atoms with Gasteiger partial charge in [-0.2, -0.15) is 5.10 Å². The first-order chi connectivity index (χ1) is 17.4. The highest BCUT2D eigenvalue weighted by molar-refractivity contribution is 6.06. The van der Waals surface area contributed by atoms with Crippen LogP contribution in [0.2, 0.25) is 0 Å². The van der Waals surface area contributed by atoms with E-state index in [1.54, 1.807) is 6.20 Å². The van der Waals surface area contributed by atoms with Crippen molar-refractivity contribution in [2.45, 2.75) is 59.0 Å². The van der Waals surface area contributed by atoms with Crippen molar-refractivity contribution in [2.75, 3.05) is 40.4 Å². The van der Waals surface area contributed by atoms with Gasteiger partial charge >= 0.3 is 0 Å². The molecule has 0 saturated carbocycles. The molecule has 7 heteroatoms. The van der Waals surface area contributed by atoms with Crippen LogP contribution in [0.3, 0.4) is 0 Å². The summed E-state index contributed by atoms with van der Waals surface area (Å²) in [5.41, 5.74) is 4.51. The molecule has 0 aliphatic carbocycles. The Kier molecular flexibility index (Phi) is 8.75. The lowest BCUT2D eigenvalue weighted by atomic mass is 9.99. The molecule has 0 bridgehead atoms. The number of pyridine rings is 1. The van der Waals surface area contributed by atoms with Gasteiger partial charge in [0.2, 0.25) is 0 Å². The summed E-state index contributed by atoms with van der Waals surface area (Å²) in [6, 6.07) is 10.6. The van der Waals surface area contributed by atoms with Crippen LogP contribution < -0.4 is 0 Å². The minimum atomic E-state index is 0.0221. The van der Waals surface area contributed by atoms with Crippen LogP contribution in [0.5, 0.6) is 0 Å². The summed E-state index contributed by atoms with van der Waals surface area (Å²) < 4.78 is 7.41. The van der Waals surface area contributed by atoms with Crippen LogP contribution >= 0.6 is 0 Å². The number of unbranched alkanes of at least 4 members (excludes halogenated alkanes) is 1. The molecule has 2 aromatic heterocycles. The fourth-order valence-electron chi connectivity index (χ4n) is 4.97. The molecule has 1 saturated heterocycles. The standard InChI is InChI=1S/C29H41N5O2/c1-6-7-13-32(4)19-23-9-8-10-24(16-23)27-17-25(26-18-30-34(21(2)3)28(26)31-27)29(35)33(5)20-22-11-14-36-15-12-22/h8-10,16-18,21-22H,6-7,11-15,19-20H2,1-5H3. The van der Waals surface area contributed by atoms with Gasteiger partial charge in [-0.1, -0.05) is 31.5 Å². The van der Waals surface area contributed by atoms with Crippen LogP contribution in [0.4, 0.5) is 0 Å². The quantitative estimate of drug-likeness (QED) is 0.379. The Morgan fingerprint density at radius 2 is 1.97 bits per heavy atom. The summed E-state index contributed by atoms with van der Waals surface area (Å²) in [6.45, 7) is 10.7. The maximum atomic E-state index is 13.7.